The number of nitriles is 1. The Kier molecular flexibility index (Phi) is 6.00. The Labute approximate surface area is 184 Å². The Morgan fingerprint density at radius 3 is 2.97 bits per heavy atom. The minimum absolute atomic E-state index is 0.203. The second kappa shape index (κ2) is 9.03. The molecule has 4 heterocycles. The Bertz CT molecular complexity index is 1320. The van der Waals surface area contributed by atoms with Gasteiger partial charge in [0.2, 0.25) is 5.91 Å². The van der Waals surface area contributed by atoms with Crippen LogP contribution in [-0.4, -0.2) is 51.2 Å². The molecule has 0 radical (unpaired) electrons. The zero-order valence-electron chi connectivity index (χ0n) is 18.1. The Morgan fingerprint density at radius 1 is 1.38 bits per heavy atom. The third-order valence-electron chi connectivity index (χ3n) is 5.26. The normalized spacial score (nSPS) is 12.1. The summed E-state index contributed by atoms with van der Waals surface area (Å²) in [5, 5.41) is 15.7. The number of fused-ring (bicyclic) bond motifs is 3. The van der Waals surface area contributed by atoms with Crippen LogP contribution >= 0.6 is 0 Å². The lowest BCUT2D eigenvalue weighted by Gasteiger charge is -2.18. The van der Waals surface area contributed by atoms with E-state index >= 15 is 0 Å². The first-order valence-corrected chi connectivity index (χ1v) is 10.2. The molecule has 0 aliphatic heterocycles. The molecule has 32 heavy (non-hydrogen) atoms. The van der Waals surface area contributed by atoms with Crippen molar-refractivity contribution in [3.05, 3.63) is 36.3 Å². The number of rotatable bonds is 8. The number of nitrogens with one attached hydrogen (secondary N) is 3. The van der Waals surface area contributed by atoms with Gasteiger partial charge < -0.3 is 24.9 Å². The van der Waals surface area contributed by atoms with Crippen molar-refractivity contribution in [2.75, 3.05) is 26.1 Å². The molecule has 4 rings (SSSR count). The van der Waals surface area contributed by atoms with Crippen LogP contribution in [0.2, 0.25) is 0 Å². The van der Waals surface area contributed by atoms with Crippen LogP contribution in [0.5, 0.6) is 0 Å². The van der Waals surface area contributed by atoms with Crippen molar-refractivity contribution in [3.63, 3.8) is 0 Å². The number of aromatic nitrogens is 5. The fourth-order valence-electron chi connectivity index (χ4n) is 3.75. The maximum atomic E-state index is 12.0. The number of aryl methyl sites for hydroxylation is 1. The largest absolute Gasteiger partial charge is 0.385 e. The summed E-state index contributed by atoms with van der Waals surface area (Å²) in [5.74, 6) is 0.358. The van der Waals surface area contributed by atoms with Crippen molar-refractivity contribution in [1.29, 1.82) is 5.26 Å². The highest BCUT2D eigenvalue weighted by Gasteiger charge is 2.19. The highest BCUT2D eigenvalue weighted by molar-refractivity contribution is 6.07. The van der Waals surface area contributed by atoms with Gasteiger partial charge in [-0.1, -0.05) is 6.07 Å². The van der Waals surface area contributed by atoms with Crippen molar-refractivity contribution in [1.82, 2.24) is 29.8 Å². The maximum absolute atomic E-state index is 12.0. The minimum Gasteiger partial charge on any atom is -0.385 e. The molecule has 10 heteroatoms. The van der Waals surface area contributed by atoms with Crippen LogP contribution in [0.4, 0.5) is 5.82 Å². The number of methoxy groups -OCH3 is 1. The summed E-state index contributed by atoms with van der Waals surface area (Å²) in [6, 6.07) is 9.17. The lowest BCUT2D eigenvalue weighted by atomic mass is 10.1. The Hall–Kier alpha value is -3.97. The first-order chi connectivity index (χ1) is 15.5. The van der Waals surface area contributed by atoms with Crippen LogP contribution in [0.1, 0.15) is 24.6 Å². The molecule has 0 saturated heterocycles. The number of carbonyl (C=O) groups is 1. The summed E-state index contributed by atoms with van der Waals surface area (Å²) in [6.45, 7) is 0.449. The van der Waals surface area contributed by atoms with E-state index in [1.54, 1.807) is 13.4 Å². The SMILES string of the molecule is CNc1nc2[nH]c(-c3cccc([C@H](CCOC)NC(=O)CC#N)n3)cc2c2c1ncn2C. The molecule has 4 aromatic heterocycles. The Morgan fingerprint density at radius 2 is 2.22 bits per heavy atom. The van der Waals surface area contributed by atoms with E-state index in [2.05, 4.69) is 25.6 Å². The number of imidazole rings is 1. The fraction of sp³-hybridized carbons (Fsp3) is 0.318. The van der Waals surface area contributed by atoms with Crippen molar-refractivity contribution in [2.24, 2.45) is 7.05 Å². The number of pyridine rings is 2. The molecule has 0 bridgehead atoms. The molecule has 0 aliphatic carbocycles. The number of nitrogens with zero attached hydrogens (tertiary/aromatic N) is 5. The van der Waals surface area contributed by atoms with Gasteiger partial charge in [0.1, 0.15) is 17.6 Å². The predicted octanol–water partition coefficient (Wildman–Crippen LogP) is 2.66. The highest BCUT2D eigenvalue weighted by atomic mass is 16.5. The van der Waals surface area contributed by atoms with Gasteiger partial charge in [-0.05, 0) is 24.6 Å². The van der Waals surface area contributed by atoms with E-state index in [4.69, 9.17) is 15.0 Å². The highest BCUT2D eigenvalue weighted by Crippen LogP contribution is 2.31. The summed E-state index contributed by atoms with van der Waals surface area (Å²) >= 11 is 0. The summed E-state index contributed by atoms with van der Waals surface area (Å²) < 4.78 is 7.15. The number of amides is 1. The smallest absolute Gasteiger partial charge is 0.234 e. The summed E-state index contributed by atoms with van der Waals surface area (Å²) in [5.41, 5.74) is 4.72. The second-order valence-corrected chi connectivity index (χ2v) is 7.39. The zero-order valence-corrected chi connectivity index (χ0v) is 18.1. The molecular formula is C22H24N8O2. The van der Waals surface area contributed by atoms with Crippen LogP contribution in [-0.2, 0) is 16.6 Å². The fourth-order valence-corrected chi connectivity index (χ4v) is 3.75. The third kappa shape index (κ3) is 3.98. The molecule has 0 spiro atoms. The van der Waals surface area contributed by atoms with E-state index < -0.39 is 0 Å². The van der Waals surface area contributed by atoms with Gasteiger partial charge in [0.05, 0.1) is 41.0 Å². The number of H-pyrrole nitrogens is 1. The van der Waals surface area contributed by atoms with Crippen LogP contribution < -0.4 is 10.6 Å². The second-order valence-electron chi connectivity index (χ2n) is 7.39. The number of aromatic amines is 1. The molecule has 3 N–H and O–H groups in total. The van der Waals surface area contributed by atoms with Gasteiger partial charge >= 0.3 is 0 Å². The molecule has 1 atom stereocenters. The number of anilines is 1. The van der Waals surface area contributed by atoms with Crippen molar-refractivity contribution < 1.29 is 9.53 Å². The maximum Gasteiger partial charge on any atom is 0.234 e. The minimum atomic E-state index is -0.363. The lowest BCUT2D eigenvalue weighted by molar-refractivity contribution is -0.121. The van der Waals surface area contributed by atoms with Crippen molar-refractivity contribution >= 4 is 33.8 Å². The molecule has 0 aliphatic rings. The molecule has 0 saturated carbocycles. The first-order valence-electron chi connectivity index (χ1n) is 10.2. The first kappa shape index (κ1) is 21.3. The number of carbonyl (C=O) groups excluding carboxylic acids is 1. The molecule has 1 amide bonds. The number of ether oxygens (including phenoxy) is 1. The van der Waals surface area contributed by atoms with Crippen LogP contribution in [0.25, 0.3) is 33.5 Å². The molecule has 0 unspecified atom stereocenters. The quantitative estimate of drug-likeness (QED) is 0.390. The van der Waals surface area contributed by atoms with Gasteiger partial charge in [0.15, 0.2) is 5.82 Å². The van der Waals surface area contributed by atoms with Crippen LogP contribution in [0, 0.1) is 11.3 Å². The van der Waals surface area contributed by atoms with Gasteiger partial charge in [-0.15, -0.1) is 0 Å². The average Bonchev–Trinajstić information content (AvgIpc) is 3.40. The molecule has 164 valence electrons. The monoisotopic (exact) mass is 432 g/mol. The van der Waals surface area contributed by atoms with Gasteiger partial charge in [-0.25, -0.2) is 15.0 Å². The van der Waals surface area contributed by atoms with E-state index in [1.165, 1.54) is 0 Å². The van der Waals surface area contributed by atoms with Crippen molar-refractivity contribution in [3.8, 4) is 17.5 Å². The Balaban J connectivity index is 1.75. The number of hydrogen-bond acceptors (Lipinski definition) is 7. The molecule has 0 fully saturated rings. The van der Waals surface area contributed by atoms with E-state index in [0.29, 0.717) is 24.5 Å². The molecule has 4 aromatic rings. The molecule has 0 aromatic carbocycles. The van der Waals surface area contributed by atoms with E-state index in [9.17, 15) is 4.79 Å². The van der Waals surface area contributed by atoms with Gasteiger partial charge in [0.25, 0.3) is 0 Å². The third-order valence-corrected chi connectivity index (χ3v) is 5.26. The van der Waals surface area contributed by atoms with Crippen LogP contribution in [0.15, 0.2) is 30.6 Å². The lowest BCUT2D eigenvalue weighted by Crippen LogP contribution is -2.29. The summed E-state index contributed by atoms with van der Waals surface area (Å²) in [6.07, 6.45) is 2.10. The average molecular weight is 432 g/mol. The van der Waals surface area contributed by atoms with Gasteiger partial charge in [0, 0.05) is 33.2 Å². The van der Waals surface area contributed by atoms with E-state index in [0.717, 1.165) is 33.5 Å². The predicted molar refractivity (Wildman–Crippen MR) is 121 cm³/mol. The van der Waals surface area contributed by atoms with Gasteiger partial charge in [-0.3, -0.25) is 4.79 Å². The van der Waals surface area contributed by atoms with Gasteiger partial charge in [-0.2, -0.15) is 5.26 Å². The van der Waals surface area contributed by atoms with Crippen molar-refractivity contribution in [2.45, 2.75) is 18.9 Å². The summed E-state index contributed by atoms with van der Waals surface area (Å²) in [7, 11) is 5.37. The molecule has 10 nitrogen and oxygen atoms in total. The zero-order chi connectivity index (χ0) is 22.7. The molecular weight excluding hydrogens is 408 g/mol. The number of hydrogen-bond donors (Lipinski definition) is 3. The van der Waals surface area contributed by atoms with E-state index in [-0.39, 0.29) is 18.4 Å². The van der Waals surface area contributed by atoms with E-state index in [1.807, 2.05) is 49.0 Å². The van der Waals surface area contributed by atoms with Crippen LogP contribution in [0.3, 0.4) is 0 Å². The topological polar surface area (TPSA) is 134 Å². The standard InChI is InChI=1S/C22H24N8O2/c1-24-22-19-20(30(2)12-25-19)13-11-17(28-21(13)29-22)15-6-4-5-14(26-15)16(8-10-32-3)27-18(31)7-9-23/h4-6,11-12,16H,7-8,10H2,1-3H3,(H,27,31)(H2,24,28,29)/t16-/m0/s1. The summed E-state index contributed by atoms with van der Waals surface area (Å²) in [4.78, 5) is 29.3.